The molecule has 0 heterocycles. The second kappa shape index (κ2) is 9.18. The summed E-state index contributed by atoms with van der Waals surface area (Å²) < 4.78 is 0. The van der Waals surface area contributed by atoms with E-state index < -0.39 is 6.10 Å². The van der Waals surface area contributed by atoms with Gasteiger partial charge in [0.25, 0.3) is 0 Å². The average molecular weight is 307 g/mol. The number of aliphatic hydroxyl groups excluding tert-OH is 1. The molecule has 0 aliphatic carbocycles. The molecule has 0 bridgehead atoms. The molecule has 0 fully saturated rings. The Kier molecular flexibility index (Phi) is 7.57. The molecule has 6 nitrogen and oxygen atoms in total. The van der Waals surface area contributed by atoms with Crippen LogP contribution in [0.3, 0.4) is 0 Å². The highest BCUT2D eigenvalue weighted by Gasteiger charge is 2.19. The lowest BCUT2D eigenvalue weighted by Crippen LogP contribution is -2.13. The van der Waals surface area contributed by atoms with Gasteiger partial charge in [-0.25, -0.2) is 0 Å². The third kappa shape index (κ3) is 5.47. The molecular formula is C16H25N3O3. The van der Waals surface area contributed by atoms with Gasteiger partial charge in [0.1, 0.15) is 11.5 Å². The Morgan fingerprint density at radius 2 is 1.82 bits per heavy atom. The molecule has 0 unspecified atom stereocenters. The van der Waals surface area contributed by atoms with Gasteiger partial charge >= 0.3 is 0 Å². The molecule has 0 spiro atoms. The number of hydrogen-bond acceptors (Lipinski definition) is 4. The van der Waals surface area contributed by atoms with Crippen LogP contribution in [0.25, 0.3) is 10.4 Å². The zero-order chi connectivity index (χ0) is 16.5. The fourth-order valence-corrected chi connectivity index (χ4v) is 2.48. The summed E-state index contributed by atoms with van der Waals surface area (Å²) in [6.45, 7) is 4.10. The molecule has 6 heteroatoms. The van der Waals surface area contributed by atoms with Gasteiger partial charge in [-0.15, -0.1) is 0 Å². The zero-order valence-electron chi connectivity index (χ0n) is 13.2. The van der Waals surface area contributed by atoms with Crippen LogP contribution >= 0.6 is 0 Å². The number of phenols is 2. The Balaban J connectivity index is 2.66. The van der Waals surface area contributed by atoms with Crippen molar-refractivity contribution in [1.29, 1.82) is 0 Å². The van der Waals surface area contributed by atoms with Crippen LogP contribution in [-0.2, 0) is 6.42 Å². The number of hydrogen-bond donors (Lipinski definition) is 3. The lowest BCUT2D eigenvalue weighted by atomic mass is 9.88. The van der Waals surface area contributed by atoms with E-state index in [2.05, 4.69) is 10.0 Å². The van der Waals surface area contributed by atoms with Gasteiger partial charge in [-0.3, -0.25) is 0 Å². The lowest BCUT2D eigenvalue weighted by molar-refractivity contribution is 0.168. The summed E-state index contributed by atoms with van der Waals surface area (Å²) in [4.78, 5) is 2.71. The van der Waals surface area contributed by atoms with Gasteiger partial charge < -0.3 is 15.3 Å². The minimum absolute atomic E-state index is 0.0121. The molecule has 1 aromatic rings. The van der Waals surface area contributed by atoms with E-state index in [-0.39, 0.29) is 17.4 Å². The second-order valence-electron chi connectivity index (χ2n) is 5.68. The maximum absolute atomic E-state index is 10.1. The number of nitrogens with zero attached hydrogens (tertiary/aromatic N) is 3. The Morgan fingerprint density at radius 3 is 2.45 bits per heavy atom. The van der Waals surface area contributed by atoms with Gasteiger partial charge in [0, 0.05) is 23.4 Å². The molecule has 3 N–H and O–H groups in total. The first kappa shape index (κ1) is 18.1. The van der Waals surface area contributed by atoms with Crippen LogP contribution in [0.1, 0.15) is 56.6 Å². The Bertz CT molecular complexity index is 526. The minimum atomic E-state index is -0.552. The molecule has 2 atom stereocenters. The molecule has 0 saturated carbocycles. The SMILES string of the molecule is C[C@@H](O)[C@@H](C)c1cc(O)cc(O)c1CCCCCCN=[N+]=[N-]. The van der Waals surface area contributed by atoms with Gasteiger partial charge in [0.2, 0.25) is 0 Å². The van der Waals surface area contributed by atoms with Crippen molar-refractivity contribution >= 4 is 0 Å². The number of phenolic OH excluding ortho intramolecular Hbond substituents is 2. The number of azide groups is 1. The standard InChI is InChI=1S/C16H25N3O3/c1-11(12(2)20)15-9-13(21)10-16(22)14(15)7-5-3-4-6-8-18-19-17/h9-12,20-22H,3-8H2,1-2H3/t11-,12-/m1/s1. The van der Waals surface area contributed by atoms with Crippen molar-refractivity contribution in [2.24, 2.45) is 5.11 Å². The van der Waals surface area contributed by atoms with Crippen molar-refractivity contribution in [3.8, 4) is 11.5 Å². The third-order valence-corrected chi connectivity index (χ3v) is 3.96. The largest absolute Gasteiger partial charge is 0.508 e. The molecule has 0 saturated heterocycles. The number of aromatic hydroxyl groups is 2. The van der Waals surface area contributed by atoms with Crippen molar-refractivity contribution in [3.63, 3.8) is 0 Å². The highest BCUT2D eigenvalue weighted by atomic mass is 16.3. The van der Waals surface area contributed by atoms with Gasteiger partial charge in [-0.2, -0.15) is 0 Å². The van der Waals surface area contributed by atoms with E-state index in [0.717, 1.165) is 36.8 Å². The first-order valence-corrected chi connectivity index (χ1v) is 7.71. The smallest absolute Gasteiger partial charge is 0.122 e. The number of rotatable bonds is 9. The maximum Gasteiger partial charge on any atom is 0.122 e. The quantitative estimate of drug-likeness (QED) is 0.277. The topological polar surface area (TPSA) is 109 Å². The summed E-state index contributed by atoms with van der Waals surface area (Å²) in [5.41, 5.74) is 9.77. The Hall–Kier alpha value is -1.91. The van der Waals surface area contributed by atoms with Crippen molar-refractivity contribution in [3.05, 3.63) is 33.7 Å². The van der Waals surface area contributed by atoms with Crippen LogP contribution in [0, 0.1) is 0 Å². The van der Waals surface area contributed by atoms with Crippen LogP contribution in [0.15, 0.2) is 17.2 Å². The van der Waals surface area contributed by atoms with Crippen molar-refractivity contribution in [2.75, 3.05) is 6.54 Å². The van der Waals surface area contributed by atoms with E-state index >= 15 is 0 Å². The van der Waals surface area contributed by atoms with Gasteiger partial charge in [0.15, 0.2) is 0 Å². The zero-order valence-corrected chi connectivity index (χ0v) is 13.2. The van der Waals surface area contributed by atoms with Crippen LogP contribution in [0.2, 0.25) is 0 Å². The molecule has 0 radical (unpaired) electrons. The van der Waals surface area contributed by atoms with Crippen LogP contribution in [0.4, 0.5) is 0 Å². The third-order valence-electron chi connectivity index (χ3n) is 3.96. The second-order valence-corrected chi connectivity index (χ2v) is 5.68. The molecule has 0 aliphatic rings. The number of aliphatic hydroxyl groups is 1. The van der Waals surface area contributed by atoms with Gasteiger partial charge in [0.05, 0.1) is 6.10 Å². The number of benzene rings is 1. The average Bonchev–Trinajstić information content (AvgIpc) is 2.46. The van der Waals surface area contributed by atoms with Crippen LogP contribution in [0.5, 0.6) is 11.5 Å². The van der Waals surface area contributed by atoms with Crippen LogP contribution < -0.4 is 0 Å². The highest BCUT2D eigenvalue weighted by Crippen LogP contribution is 2.34. The summed E-state index contributed by atoms with van der Waals surface area (Å²) in [7, 11) is 0. The molecule has 122 valence electrons. The summed E-state index contributed by atoms with van der Waals surface area (Å²) in [6.07, 6.45) is 3.85. The molecule has 1 aromatic carbocycles. The maximum atomic E-state index is 10.1. The monoisotopic (exact) mass is 307 g/mol. The molecule has 0 aromatic heterocycles. The van der Waals surface area contributed by atoms with Gasteiger partial charge in [-0.05, 0) is 48.9 Å². The van der Waals surface area contributed by atoms with E-state index in [1.165, 1.54) is 6.07 Å². The molecule has 0 aliphatic heterocycles. The summed E-state index contributed by atoms with van der Waals surface area (Å²) in [5.74, 6) is -0.0624. The van der Waals surface area contributed by atoms with E-state index in [1.54, 1.807) is 13.0 Å². The van der Waals surface area contributed by atoms with E-state index in [1.807, 2.05) is 6.92 Å². The van der Waals surface area contributed by atoms with E-state index in [0.29, 0.717) is 13.0 Å². The first-order chi connectivity index (χ1) is 10.5. The van der Waals surface area contributed by atoms with Gasteiger partial charge in [-0.1, -0.05) is 24.9 Å². The number of unbranched alkanes of at least 4 members (excludes halogenated alkanes) is 3. The molecule has 22 heavy (non-hydrogen) atoms. The summed E-state index contributed by atoms with van der Waals surface area (Å²) in [5, 5.41) is 33.0. The van der Waals surface area contributed by atoms with E-state index in [4.69, 9.17) is 5.53 Å². The predicted octanol–water partition coefficient (Wildman–Crippen LogP) is 4.00. The normalized spacial score (nSPS) is 13.4. The molecule has 1 rings (SSSR count). The summed E-state index contributed by atoms with van der Waals surface area (Å²) >= 11 is 0. The Labute approximate surface area is 131 Å². The van der Waals surface area contributed by atoms with Crippen molar-refractivity contribution in [1.82, 2.24) is 0 Å². The van der Waals surface area contributed by atoms with Crippen LogP contribution in [-0.4, -0.2) is 28.0 Å². The lowest BCUT2D eigenvalue weighted by Gasteiger charge is -2.20. The molecular weight excluding hydrogens is 282 g/mol. The van der Waals surface area contributed by atoms with E-state index in [9.17, 15) is 15.3 Å². The minimum Gasteiger partial charge on any atom is -0.508 e. The fourth-order valence-electron chi connectivity index (χ4n) is 2.48. The van der Waals surface area contributed by atoms with Crippen molar-refractivity contribution < 1.29 is 15.3 Å². The fraction of sp³-hybridized carbons (Fsp3) is 0.625. The molecule has 0 amide bonds. The predicted molar refractivity (Wildman–Crippen MR) is 86.1 cm³/mol. The van der Waals surface area contributed by atoms with Crippen molar-refractivity contribution in [2.45, 2.75) is 58.0 Å². The first-order valence-electron chi connectivity index (χ1n) is 7.71. The highest BCUT2D eigenvalue weighted by molar-refractivity contribution is 5.47. The Morgan fingerprint density at radius 1 is 1.14 bits per heavy atom. The summed E-state index contributed by atoms with van der Waals surface area (Å²) in [6, 6.07) is 2.96.